The molecule has 32 heavy (non-hydrogen) atoms. The highest BCUT2D eigenvalue weighted by Gasteiger charge is 2.40. The van der Waals surface area contributed by atoms with E-state index in [1.54, 1.807) is 6.07 Å². The predicted molar refractivity (Wildman–Crippen MR) is 131 cm³/mol. The zero-order valence-electron chi connectivity index (χ0n) is 18.8. The second-order valence-electron chi connectivity index (χ2n) is 8.37. The first-order chi connectivity index (χ1) is 15.2. The molecule has 1 heterocycles. The number of hydrogen-bond acceptors (Lipinski definition) is 3. The molecule has 162 valence electrons. The Labute approximate surface area is 193 Å². The standard InChI is InChI=1S/C27H25ClN2O2/c1-15-6-11-23(19(5)12-15)30-26(31)24(20-9-7-16(2)18(4)13-20)25(27(30)32)29-21-10-8-17(3)22(28)14-21/h6-14,29H,1-5H3. The number of nitrogens with zero attached hydrogens (tertiary/aromatic N) is 1. The number of halogens is 1. The maximum Gasteiger partial charge on any atom is 0.282 e. The minimum atomic E-state index is -0.383. The van der Waals surface area contributed by atoms with Crippen molar-refractivity contribution in [1.29, 1.82) is 0 Å². The first kappa shape index (κ1) is 21.8. The van der Waals surface area contributed by atoms with Crippen molar-refractivity contribution in [3.63, 3.8) is 0 Å². The van der Waals surface area contributed by atoms with Gasteiger partial charge in [0.15, 0.2) is 0 Å². The fourth-order valence-corrected chi connectivity index (χ4v) is 4.08. The number of amides is 2. The summed E-state index contributed by atoms with van der Waals surface area (Å²) in [5, 5.41) is 3.77. The number of anilines is 2. The van der Waals surface area contributed by atoms with E-state index in [-0.39, 0.29) is 17.5 Å². The Morgan fingerprint density at radius 2 is 1.44 bits per heavy atom. The lowest BCUT2D eigenvalue weighted by molar-refractivity contribution is -0.120. The van der Waals surface area contributed by atoms with Crippen molar-refractivity contribution >= 4 is 40.4 Å². The summed E-state index contributed by atoms with van der Waals surface area (Å²) >= 11 is 6.30. The topological polar surface area (TPSA) is 49.4 Å². The summed E-state index contributed by atoms with van der Waals surface area (Å²) in [6.45, 7) is 9.82. The number of imide groups is 1. The second kappa shape index (κ2) is 8.29. The van der Waals surface area contributed by atoms with Gasteiger partial charge in [-0.25, -0.2) is 4.90 Å². The Kier molecular flexibility index (Phi) is 5.66. The minimum absolute atomic E-state index is 0.248. The number of carbonyl (C=O) groups is 2. The van der Waals surface area contributed by atoms with Crippen molar-refractivity contribution < 1.29 is 9.59 Å². The van der Waals surface area contributed by atoms with Gasteiger partial charge >= 0.3 is 0 Å². The van der Waals surface area contributed by atoms with Crippen molar-refractivity contribution in [3.8, 4) is 0 Å². The summed E-state index contributed by atoms with van der Waals surface area (Å²) in [4.78, 5) is 28.5. The molecule has 1 aliphatic rings. The molecule has 4 nitrogen and oxygen atoms in total. The van der Waals surface area contributed by atoms with E-state index in [0.29, 0.717) is 27.5 Å². The number of rotatable bonds is 4. The molecular formula is C27H25ClN2O2. The summed E-state index contributed by atoms with van der Waals surface area (Å²) in [6.07, 6.45) is 0. The molecule has 0 aliphatic carbocycles. The van der Waals surface area contributed by atoms with E-state index in [2.05, 4.69) is 5.32 Å². The van der Waals surface area contributed by atoms with Crippen LogP contribution in [0.25, 0.3) is 5.57 Å². The monoisotopic (exact) mass is 444 g/mol. The summed E-state index contributed by atoms with van der Waals surface area (Å²) in [5.41, 5.74) is 7.60. The van der Waals surface area contributed by atoms with Crippen LogP contribution in [0.3, 0.4) is 0 Å². The van der Waals surface area contributed by atoms with E-state index in [4.69, 9.17) is 11.6 Å². The van der Waals surface area contributed by atoms with Crippen molar-refractivity contribution in [1.82, 2.24) is 0 Å². The third-order valence-corrected chi connectivity index (χ3v) is 6.32. The zero-order valence-corrected chi connectivity index (χ0v) is 19.6. The zero-order chi connectivity index (χ0) is 23.2. The maximum atomic E-state index is 13.7. The summed E-state index contributed by atoms with van der Waals surface area (Å²) in [6, 6.07) is 17.0. The Bertz CT molecular complexity index is 1310. The van der Waals surface area contributed by atoms with E-state index in [1.165, 1.54) is 4.90 Å². The first-order valence-electron chi connectivity index (χ1n) is 10.5. The molecule has 0 saturated carbocycles. The van der Waals surface area contributed by atoms with E-state index < -0.39 is 0 Å². The number of hydrogen-bond donors (Lipinski definition) is 1. The van der Waals surface area contributed by atoms with Crippen molar-refractivity contribution in [2.45, 2.75) is 34.6 Å². The van der Waals surface area contributed by atoms with Gasteiger partial charge in [-0.1, -0.05) is 53.6 Å². The molecule has 5 heteroatoms. The molecule has 0 spiro atoms. The third-order valence-electron chi connectivity index (χ3n) is 5.91. The number of aryl methyl sites for hydroxylation is 5. The van der Waals surface area contributed by atoms with Crippen LogP contribution >= 0.6 is 11.6 Å². The summed E-state index contributed by atoms with van der Waals surface area (Å²) < 4.78 is 0. The largest absolute Gasteiger partial charge is 0.350 e. The summed E-state index contributed by atoms with van der Waals surface area (Å²) in [7, 11) is 0. The van der Waals surface area contributed by atoms with Gasteiger partial charge in [0.05, 0.1) is 11.3 Å². The van der Waals surface area contributed by atoms with Crippen LogP contribution in [0.15, 0.2) is 60.3 Å². The highest BCUT2D eigenvalue weighted by atomic mass is 35.5. The Balaban J connectivity index is 1.87. The van der Waals surface area contributed by atoms with E-state index in [0.717, 1.165) is 27.8 Å². The van der Waals surface area contributed by atoms with Gasteiger partial charge in [-0.05, 0) is 80.6 Å². The van der Waals surface area contributed by atoms with Crippen LogP contribution in [0.2, 0.25) is 5.02 Å². The lowest BCUT2D eigenvalue weighted by Crippen LogP contribution is -2.33. The van der Waals surface area contributed by atoms with Crippen LogP contribution < -0.4 is 10.2 Å². The molecule has 0 radical (unpaired) electrons. The van der Waals surface area contributed by atoms with Crippen molar-refractivity contribution in [3.05, 3.63) is 98.7 Å². The molecule has 0 atom stereocenters. The van der Waals surface area contributed by atoms with Crippen LogP contribution in [0.5, 0.6) is 0 Å². The number of carbonyl (C=O) groups excluding carboxylic acids is 2. The molecule has 1 aliphatic heterocycles. The van der Waals surface area contributed by atoms with Gasteiger partial charge in [0.1, 0.15) is 5.70 Å². The number of nitrogens with one attached hydrogen (secondary N) is 1. The highest BCUT2D eigenvalue weighted by molar-refractivity contribution is 6.46. The molecule has 0 aromatic heterocycles. The van der Waals surface area contributed by atoms with Crippen LogP contribution in [0.1, 0.15) is 33.4 Å². The molecule has 1 N–H and O–H groups in total. The Hall–Kier alpha value is -3.37. The average Bonchev–Trinajstić information content (AvgIpc) is 2.97. The van der Waals surface area contributed by atoms with Gasteiger partial charge in [0.2, 0.25) is 0 Å². The van der Waals surface area contributed by atoms with Crippen molar-refractivity contribution in [2.24, 2.45) is 0 Å². The molecule has 4 rings (SSSR count). The molecule has 3 aromatic carbocycles. The van der Waals surface area contributed by atoms with Gasteiger partial charge in [-0.15, -0.1) is 0 Å². The highest BCUT2D eigenvalue weighted by Crippen LogP contribution is 2.36. The lowest BCUT2D eigenvalue weighted by Gasteiger charge is -2.18. The van der Waals surface area contributed by atoms with Crippen LogP contribution in [0.4, 0.5) is 11.4 Å². The van der Waals surface area contributed by atoms with Crippen molar-refractivity contribution in [2.75, 3.05) is 10.2 Å². The van der Waals surface area contributed by atoms with Gasteiger partial charge in [-0.3, -0.25) is 9.59 Å². The van der Waals surface area contributed by atoms with E-state index in [1.807, 2.05) is 83.1 Å². The lowest BCUT2D eigenvalue weighted by atomic mass is 9.99. The van der Waals surface area contributed by atoms with Gasteiger partial charge < -0.3 is 5.32 Å². The van der Waals surface area contributed by atoms with Gasteiger partial charge in [0, 0.05) is 10.7 Å². The quantitative estimate of drug-likeness (QED) is 0.482. The SMILES string of the molecule is Cc1ccc(N2C(=O)C(Nc3ccc(C)c(Cl)c3)=C(c3ccc(C)c(C)c3)C2=O)c(C)c1. The molecular weight excluding hydrogens is 420 g/mol. The molecule has 2 amide bonds. The fraction of sp³-hybridized carbons (Fsp3) is 0.185. The van der Waals surface area contributed by atoms with Crippen LogP contribution in [0, 0.1) is 34.6 Å². The van der Waals surface area contributed by atoms with E-state index in [9.17, 15) is 9.59 Å². The molecule has 0 saturated heterocycles. The first-order valence-corrected chi connectivity index (χ1v) is 10.9. The fourth-order valence-electron chi connectivity index (χ4n) is 3.90. The second-order valence-corrected chi connectivity index (χ2v) is 8.78. The molecule has 0 bridgehead atoms. The molecule has 0 fully saturated rings. The smallest absolute Gasteiger partial charge is 0.282 e. The Morgan fingerprint density at radius 3 is 2.09 bits per heavy atom. The average molecular weight is 445 g/mol. The van der Waals surface area contributed by atoms with Crippen LogP contribution in [-0.4, -0.2) is 11.8 Å². The predicted octanol–water partition coefficient (Wildman–Crippen LogP) is 6.28. The third kappa shape index (κ3) is 3.82. The minimum Gasteiger partial charge on any atom is -0.350 e. The Morgan fingerprint density at radius 1 is 0.719 bits per heavy atom. The number of benzene rings is 3. The molecule has 3 aromatic rings. The van der Waals surface area contributed by atoms with Crippen LogP contribution in [-0.2, 0) is 9.59 Å². The van der Waals surface area contributed by atoms with E-state index >= 15 is 0 Å². The van der Waals surface area contributed by atoms with Gasteiger partial charge in [0.25, 0.3) is 11.8 Å². The molecule has 0 unspecified atom stereocenters. The summed E-state index contributed by atoms with van der Waals surface area (Å²) in [5.74, 6) is -0.724. The normalized spacial score (nSPS) is 13.9. The maximum absolute atomic E-state index is 13.7. The van der Waals surface area contributed by atoms with Gasteiger partial charge in [-0.2, -0.15) is 0 Å².